The van der Waals surface area contributed by atoms with Gasteiger partial charge in [0.25, 0.3) is 5.91 Å². The highest BCUT2D eigenvalue weighted by Crippen LogP contribution is 2.35. The Bertz CT molecular complexity index is 302. The minimum absolute atomic E-state index is 0.0123. The molecule has 7 heteroatoms. The third kappa shape index (κ3) is 3.55. The van der Waals surface area contributed by atoms with Crippen molar-refractivity contribution in [3.63, 3.8) is 0 Å². The molecule has 0 aromatic heterocycles. The monoisotopic (exact) mass is 273 g/mol. The highest BCUT2D eigenvalue weighted by molar-refractivity contribution is 5.84. The molecule has 0 aromatic carbocycles. The summed E-state index contributed by atoms with van der Waals surface area (Å²) in [5.41, 5.74) is 0. The maximum atomic E-state index is 12.6. The Morgan fingerprint density at radius 2 is 1.83 bits per heavy atom. The van der Waals surface area contributed by atoms with E-state index in [1.54, 1.807) is 5.32 Å². The van der Waals surface area contributed by atoms with E-state index < -0.39 is 18.0 Å². The summed E-state index contributed by atoms with van der Waals surface area (Å²) in [7, 11) is 0. The topological polar surface area (TPSA) is 29.1 Å². The summed E-state index contributed by atoms with van der Waals surface area (Å²) >= 11 is 0. The van der Waals surface area contributed by atoms with Gasteiger partial charge in [-0.3, -0.25) is 4.79 Å². The van der Waals surface area contributed by atoms with E-state index >= 15 is 0 Å². The zero-order chi connectivity index (χ0) is 14.0. The van der Waals surface area contributed by atoms with Crippen molar-refractivity contribution in [3.05, 3.63) is 0 Å². The molecule has 1 N–H and O–H groups in total. The Morgan fingerprint density at radius 3 is 2.33 bits per heavy atom. The van der Waals surface area contributed by atoms with E-state index in [1.165, 1.54) is 0 Å². The Kier molecular flexibility index (Phi) is 4.55. The number of carbonyl (C=O) groups is 1. The molecule has 2 nitrogen and oxygen atoms in total. The quantitative estimate of drug-likeness (QED) is 0.786. The maximum absolute atomic E-state index is 12.6. The van der Waals surface area contributed by atoms with Gasteiger partial charge < -0.3 is 5.32 Å². The zero-order valence-corrected chi connectivity index (χ0v) is 9.99. The summed E-state index contributed by atoms with van der Waals surface area (Å²) in [6.45, 7) is 1.88. The number of nitrogens with one attached hydrogen (secondary N) is 1. The van der Waals surface area contributed by atoms with Crippen molar-refractivity contribution >= 4 is 5.91 Å². The number of amides is 1. The van der Waals surface area contributed by atoms with Crippen LogP contribution in [-0.2, 0) is 4.79 Å². The lowest BCUT2D eigenvalue weighted by Crippen LogP contribution is -2.51. The van der Waals surface area contributed by atoms with Crippen LogP contribution in [0.2, 0.25) is 0 Å². The zero-order valence-electron chi connectivity index (χ0n) is 9.99. The van der Waals surface area contributed by atoms with Crippen LogP contribution in [0, 0.1) is 11.8 Å². The number of rotatable bonds is 3. The number of alkyl halides is 5. The van der Waals surface area contributed by atoms with Gasteiger partial charge in [-0.05, 0) is 24.7 Å². The minimum Gasteiger partial charge on any atom is -0.350 e. The molecule has 0 aromatic rings. The van der Waals surface area contributed by atoms with Gasteiger partial charge in [0, 0.05) is 6.54 Å². The van der Waals surface area contributed by atoms with Crippen molar-refractivity contribution in [2.75, 3.05) is 6.54 Å². The fourth-order valence-electron chi connectivity index (χ4n) is 2.22. The lowest BCUT2D eigenvalue weighted by Gasteiger charge is -2.27. The fourth-order valence-corrected chi connectivity index (χ4v) is 2.22. The van der Waals surface area contributed by atoms with Crippen molar-refractivity contribution in [1.29, 1.82) is 0 Å². The summed E-state index contributed by atoms with van der Waals surface area (Å²) in [4.78, 5) is 10.9. The van der Waals surface area contributed by atoms with E-state index in [0.717, 1.165) is 25.7 Å². The molecule has 0 heterocycles. The summed E-state index contributed by atoms with van der Waals surface area (Å²) in [5.74, 6) is -7.16. The molecule has 1 rings (SSSR count). The number of carbonyl (C=O) groups excluding carboxylic acids is 1. The molecule has 0 spiro atoms. The van der Waals surface area contributed by atoms with Gasteiger partial charge in [-0.1, -0.05) is 19.8 Å². The number of hydrogen-bond donors (Lipinski definition) is 1. The summed E-state index contributed by atoms with van der Waals surface area (Å²) in [5, 5.41) is 1.71. The smallest absolute Gasteiger partial charge is 0.350 e. The molecule has 1 amide bonds. The van der Waals surface area contributed by atoms with Gasteiger partial charge >= 0.3 is 12.1 Å². The van der Waals surface area contributed by atoms with Gasteiger partial charge in [0.15, 0.2) is 0 Å². The van der Waals surface area contributed by atoms with E-state index in [2.05, 4.69) is 0 Å². The molecule has 0 aliphatic heterocycles. The molecule has 1 aliphatic rings. The standard InChI is InChI=1S/C11H16F5NO/c1-7-3-2-4-8(5-7)6-17-9(18)10(12,13)11(14,15)16/h7-8H,2-6H2,1H3,(H,17,18). The van der Waals surface area contributed by atoms with Crippen LogP contribution < -0.4 is 5.32 Å². The Labute approximate surface area is 102 Å². The van der Waals surface area contributed by atoms with Crippen LogP contribution in [-0.4, -0.2) is 24.6 Å². The van der Waals surface area contributed by atoms with E-state index in [4.69, 9.17) is 0 Å². The van der Waals surface area contributed by atoms with Crippen LogP contribution in [0.3, 0.4) is 0 Å². The largest absolute Gasteiger partial charge is 0.463 e. The van der Waals surface area contributed by atoms with Crippen LogP contribution in [0.25, 0.3) is 0 Å². The normalized spacial score (nSPS) is 25.9. The molecule has 0 radical (unpaired) electrons. The maximum Gasteiger partial charge on any atom is 0.463 e. The molecule has 0 saturated heterocycles. The van der Waals surface area contributed by atoms with Gasteiger partial charge in [0.1, 0.15) is 0 Å². The van der Waals surface area contributed by atoms with Crippen LogP contribution >= 0.6 is 0 Å². The van der Waals surface area contributed by atoms with E-state index in [0.29, 0.717) is 5.92 Å². The number of halogens is 5. The summed E-state index contributed by atoms with van der Waals surface area (Å²) < 4.78 is 60.9. The lowest BCUT2D eigenvalue weighted by atomic mass is 9.82. The van der Waals surface area contributed by atoms with Crippen molar-refractivity contribution in [3.8, 4) is 0 Å². The second-order valence-corrected chi connectivity index (χ2v) is 4.92. The lowest BCUT2D eigenvalue weighted by molar-refractivity contribution is -0.269. The molecule has 106 valence electrons. The third-order valence-electron chi connectivity index (χ3n) is 3.24. The Balaban J connectivity index is 2.46. The SMILES string of the molecule is CC1CCCC(CNC(=O)C(F)(F)C(F)(F)F)C1. The molecule has 1 aliphatic carbocycles. The van der Waals surface area contributed by atoms with Gasteiger partial charge in [0.05, 0.1) is 0 Å². The highest BCUT2D eigenvalue weighted by Gasteiger charge is 2.63. The van der Waals surface area contributed by atoms with Crippen molar-refractivity contribution in [2.24, 2.45) is 11.8 Å². The molecule has 18 heavy (non-hydrogen) atoms. The van der Waals surface area contributed by atoms with Crippen molar-refractivity contribution < 1.29 is 26.7 Å². The van der Waals surface area contributed by atoms with Crippen LogP contribution in [0.5, 0.6) is 0 Å². The molecule has 2 atom stereocenters. The molecule has 1 fully saturated rings. The van der Waals surface area contributed by atoms with Gasteiger partial charge in [-0.25, -0.2) is 0 Å². The Hall–Kier alpha value is -0.880. The first-order valence-corrected chi connectivity index (χ1v) is 5.87. The predicted octanol–water partition coefficient (Wildman–Crippen LogP) is 3.13. The summed E-state index contributed by atoms with van der Waals surface area (Å²) in [6, 6.07) is 0. The number of hydrogen-bond acceptors (Lipinski definition) is 1. The highest BCUT2D eigenvalue weighted by atomic mass is 19.4. The second kappa shape index (κ2) is 5.40. The first-order valence-electron chi connectivity index (χ1n) is 5.87. The van der Waals surface area contributed by atoms with Gasteiger partial charge in [-0.2, -0.15) is 22.0 Å². The summed E-state index contributed by atoms with van der Waals surface area (Å²) in [6.07, 6.45) is -2.39. The van der Waals surface area contributed by atoms with Crippen LogP contribution in [0.1, 0.15) is 32.6 Å². The first kappa shape index (κ1) is 15.2. The minimum atomic E-state index is -5.84. The average Bonchev–Trinajstić information content (AvgIpc) is 2.24. The van der Waals surface area contributed by atoms with E-state index in [9.17, 15) is 26.7 Å². The third-order valence-corrected chi connectivity index (χ3v) is 3.24. The molecule has 2 unspecified atom stereocenters. The fraction of sp³-hybridized carbons (Fsp3) is 0.909. The molecular weight excluding hydrogens is 257 g/mol. The average molecular weight is 273 g/mol. The second-order valence-electron chi connectivity index (χ2n) is 4.92. The molecule has 0 bridgehead atoms. The first-order chi connectivity index (χ1) is 8.14. The Morgan fingerprint density at radius 1 is 1.22 bits per heavy atom. The molecule has 1 saturated carbocycles. The van der Waals surface area contributed by atoms with Crippen molar-refractivity contribution in [1.82, 2.24) is 5.32 Å². The van der Waals surface area contributed by atoms with E-state index in [1.807, 2.05) is 6.92 Å². The van der Waals surface area contributed by atoms with Gasteiger partial charge in [0.2, 0.25) is 0 Å². The predicted molar refractivity (Wildman–Crippen MR) is 55.1 cm³/mol. The van der Waals surface area contributed by atoms with Crippen molar-refractivity contribution in [2.45, 2.75) is 44.7 Å². The van der Waals surface area contributed by atoms with Gasteiger partial charge in [-0.15, -0.1) is 0 Å². The van der Waals surface area contributed by atoms with Crippen LogP contribution in [0.4, 0.5) is 22.0 Å². The van der Waals surface area contributed by atoms with Crippen LogP contribution in [0.15, 0.2) is 0 Å². The molecular formula is C11H16F5NO. The van der Waals surface area contributed by atoms with E-state index in [-0.39, 0.29) is 12.5 Å².